The van der Waals surface area contributed by atoms with E-state index in [4.69, 9.17) is 0 Å². The highest BCUT2D eigenvalue weighted by Gasteiger charge is 2.20. The Labute approximate surface area is 114 Å². The largest absolute Gasteiger partial charge is 0.310 e. The molecule has 0 amide bonds. The number of aromatic nitrogens is 2. The smallest absolute Gasteiger partial charge is 0.141 e. The lowest BCUT2D eigenvalue weighted by Crippen LogP contribution is -2.28. The Kier molecular flexibility index (Phi) is 3.38. The van der Waals surface area contributed by atoms with Gasteiger partial charge in [0.15, 0.2) is 0 Å². The molecule has 19 heavy (non-hydrogen) atoms. The first-order valence-corrected chi connectivity index (χ1v) is 7.11. The van der Waals surface area contributed by atoms with Crippen LogP contribution in [0.4, 0.5) is 0 Å². The molecule has 2 aromatic rings. The fourth-order valence-corrected chi connectivity index (χ4v) is 2.99. The van der Waals surface area contributed by atoms with E-state index in [-0.39, 0.29) is 0 Å². The Hall–Kier alpha value is -1.61. The molecule has 0 radical (unpaired) electrons. The minimum atomic E-state index is 0.443. The first kappa shape index (κ1) is 12.4. The number of hydrogen-bond acceptors (Lipinski definition) is 2. The van der Waals surface area contributed by atoms with Crippen molar-refractivity contribution in [2.24, 2.45) is 0 Å². The van der Waals surface area contributed by atoms with E-state index >= 15 is 0 Å². The Bertz CT molecular complexity index is 546. The van der Waals surface area contributed by atoms with E-state index in [1.165, 1.54) is 36.2 Å². The molecule has 0 unspecified atom stereocenters. The third-order valence-corrected chi connectivity index (χ3v) is 3.99. The van der Waals surface area contributed by atoms with Crippen molar-refractivity contribution in [1.82, 2.24) is 14.9 Å². The van der Waals surface area contributed by atoms with E-state index in [1.54, 1.807) is 0 Å². The molecule has 0 spiro atoms. The van der Waals surface area contributed by atoms with E-state index in [0.29, 0.717) is 6.04 Å². The SMILES string of the molecule is Cc1ccc(C)n1-c1ncccc1[C@H]1CCCCN1. The van der Waals surface area contributed by atoms with Gasteiger partial charge in [0.25, 0.3) is 0 Å². The number of rotatable bonds is 2. The first-order chi connectivity index (χ1) is 9.27. The van der Waals surface area contributed by atoms with E-state index in [1.807, 2.05) is 12.3 Å². The molecule has 1 aliphatic rings. The van der Waals surface area contributed by atoms with Gasteiger partial charge in [-0.3, -0.25) is 0 Å². The van der Waals surface area contributed by atoms with Gasteiger partial charge in [0.05, 0.1) is 0 Å². The Balaban J connectivity index is 2.06. The van der Waals surface area contributed by atoms with E-state index in [2.05, 4.69) is 46.9 Å². The zero-order chi connectivity index (χ0) is 13.2. The molecular formula is C16H21N3. The summed E-state index contributed by atoms with van der Waals surface area (Å²) >= 11 is 0. The van der Waals surface area contributed by atoms with Gasteiger partial charge in [-0.05, 0) is 51.4 Å². The topological polar surface area (TPSA) is 29.9 Å². The summed E-state index contributed by atoms with van der Waals surface area (Å²) in [7, 11) is 0. The quantitative estimate of drug-likeness (QED) is 0.892. The molecule has 2 aromatic heterocycles. The molecule has 3 nitrogen and oxygen atoms in total. The molecule has 1 saturated heterocycles. The third kappa shape index (κ3) is 2.30. The molecule has 3 rings (SSSR count). The van der Waals surface area contributed by atoms with E-state index < -0.39 is 0 Å². The first-order valence-electron chi connectivity index (χ1n) is 7.11. The average molecular weight is 255 g/mol. The van der Waals surface area contributed by atoms with Gasteiger partial charge in [-0.2, -0.15) is 0 Å². The lowest BCUT2D eigenvalue weighted by Gasteiger charge is -2.26. The molecule has 0 saturated carbocycles. The Morgan fingerprint density at radius 1 is 1.16 bits per heavy atom. The number of nitrogens with one attached hydrogen (secondary N) is 1. The maximum atomic E-state index is 4.64. The van der Waals surface area contributed by atoms with Crippen molar-refractivity contribution in [2.75, 3.05) is 6.54 Å². The van der Waals surface area contributed by atoms with Gasteiger partial charge in [-0.1, -0.05) is 12.5 Å². The maximum Gasteiger partial charge on any atom is 0.141 e. The van der Waals surface area contributed by atoms with Crippen LogP contribution in [0.5, 0.6) is 0 Å². The van der Waals surface area contributed by atoms with Crippen molar-refractivity contribution in [3.8, 4) is 5.82 Å². The van der Waals surface area contributed by atoms with Crippen LogP contribution in [0.15, 0.2) is 30.5 Å². The zero-order valence-electron chi connectivity index (χ0n) is 11.7. The summed E-state index contributed by atoms with van der Waals surface area (Å²) in [6.07, 6.45) is 5.68. The van der Waals surface area contributed by atoms with Crippen LogP contribution in [0.2, 0.25) is 0 Å². The molecule has 1 fully saturated rings. The summed E-state index contributed by atoms with van der Waals surface area (Å²) in [4.78, 5) is 4.64. The molecule has 0 bridgehead atoms. The number of aryl methyl sites for hydroxylation is 2. The van der Waals surface area contributed by atoms with Crippen LogP contribution in [-0.4, -0.2) is 16.1 Å². The lowest BCUT2D eigenvalue weighted by molar-refractivity contribution is 0.410. The fraction of sp³-hybridized carbons (Fsp3) is 0.438. The molecular weight excluding hydrogens is 234 g/mol. The third-order valence-electron chi connectivity index (χ3n) is 3.99. The van der Waals surface area contributed by atoms with Crippen molar-refractivity contribution >= 4 is 0 Å². The summed E-state index contributed by atoms with van der Waals surface area (Å²) in [6.45, 7) is 5.39. The highest BCUT2D eigenvalue weighted by atomic mass is 15.1. The molecule has 1 atom stereocenters. The van der Waals surface area contributed by atoms with E-state index in [9.17, 15) is 0 Å². The number of nitrogens with zero attached hydrogens (tertiary/aromatic N) is 2. The highest BCUT2D eigenvalue weighted by Crippen LogP contribution is 2.28. The number of pyridine rings is 1. The number of piperidine rings is 1. The van der Waals surface area contributed by atoms with Gasteiger partial charge in [-0.15, -0.1) is 0 Å². The molecule has 0 aliphatic carbocycles. The van der Waals surface area contributed by atoms with Crippen molar-refractivity contribution in [1.29, 1.82) is 0 Å². The summed E-state index contributed by atoms with van der Waals surface area (Å²) in [5, 5.41) is 3.62. The fourth-order valence-electron chi connectivity index (χ4n) is 2.99. The van der Waals surface area contributed by atoms with Gasteiger partial charge in [-0.25, -0.2) is 4.98 Å². The van der Waals surface area contributed by atoms with Crippen molar-refractivity contribution in [2.45, 2.75) is 39.2 Å². The van der Waals surface area contributed by atoms with Crippen LogP contribution in [0.25, 0.3) is 5.82 Å². The summed E-state index contributed by atoms with van der Waals surface area (Å²) < 4.78 is 2.26. The van der Waals surface area contributed by atoms with Gasteiger partial charge >= 0.3 is 0 Å². The number of hydrogen-bond donors (Lipinski definition) is 1. The van der Waals surface area contributed by atoms with E-state index in [0.717, 1.165) is 12.4 Å². The summed E-state index contributed by atoms with van der Waals surface area (Å²) in [5.74, 6) is 1.09. The summed E-state index contributed by atoms with van der Waals surface area (Å²) in [6, 6.07) is 9.01. The monoisotopic (exact) mass is 255 g/mol. The summed E-state index contributed by atoms with van der Waals surface area (Å²) in [5.41, 5.74) is 3.81. The van der Waals surface area contributed by atoms with Crippen molar-refractivity contribution < 1.29 is 0 Å². The normalized spacial score (nSPS) is 19.6. The second-order valence-corrected chi connectivity index (χ2v) is 5.37. The molecule has 0 aromatic carbocycles. The van der Waals surface area contributed by atoms with Gasteiger partial charge in [0, 0.05) is 29.2 Å². The van der Waals surface area contributed by atoms with Crippen LogP contribution < -0.4 is 5.32 Å². The molecule has 3 heteroatoms. The predicted octanol–water partition coefficient (Wildman–Crippen LogP) is 3.30. The highest BCUT2D eigenvalue weighted by molar-refractivity contribution is 5.40. The molecule has 3 heterocycles. The standard InChI is InChI=1S/C16H21N3/c1-12-8-9-13(2)19(12)16-14(6-5-11-18-16)15-7-3-4-10-17-15/h5-6,8-9,11,15,17H,3-4,7,10H2,1-2H3/t15-/m1/s1. The van der Waals surface area contributed by atoms with Crippen LogP contribution in [0, 0.1) is 13.8 Å². The van der Waals surface area contributed by atoms with Gasteiger partial charge in [0.2, 0.25) is 0 Å². The predicted molar refractivity (Wildman–Crippen MR) is 77.6 cm³/mol. The van der Waals surface area contributed by atoms with Crippen molar-refractivity contribution in [3.05, 3.63) is 47.4 Å². The minimum Gasteiger partial charge on any atom is -0.310 e. The second-order valence-electron chi connectivity index (χ2n) is 5.37. The lowest BCUT2D eigenvalue weighted by atomic mass is 9.98. The Morgan fingerprint density at radius 2 is 1.95 bits per heavy atom. The van der Waals surface area contributed by atoms with Crippen LogP contribution >= 0.6 is 0 Å². The van der Waals surface area contributed by atoms with Crippen LogP contribution in [-0.2, 0) is 0 Å². The maximum absolute atomic E-state index is 4.64. The average Bonchev–Trinajstić information content (AvgIpc) is 2.79. The molecule has 100 valence electrons. The van der Waals surface area contributed by atoms with Crippen LogP contribution in [0.3, 0.4) is 0 Å². The zero-order valence-corrected chi connectivity index (χ0v) is 11.7. The second kappa shape index (κ2) is 5.17. The minimum absolute atomic E-state index is 0.443. The van der Waals surface area contributed by atoms with Crippen molar-refractivity contribution in [3.63, 3.8) is 0 Å². The van der Waals surface area contributed by atoms with Crippen LogP contribution in [0.1, 0.15) is 42.3 Å². The van der Waals surface area contributed by atoms with Gasteiger partial charge < -0.3 is 9.88 Å². The Morgan fingerprint density at radius 3 is 2.63 bits per heavy atom. The van der Waals surface area contributed by atoms with Gasteiger partial charge in [0.1, 0.15) is 5.82 Å². The molecule has 1 N–H and O–H groups in total. The molecule has 1 aliphatic heterocycles.